The summed E-state index contributed by atoms with van der Waals surface area (Å²) in [5.74, 6) is 0.701. The van der Waals surface area contributed by atoms with Crippen molar-refractivity contribution in [1.82, 2.24) is 14.6 Å². The molecule has 0 N–H and O–H groups in total. The van der Waals surface area contributed by atoms with E-state index < -0.39 is 0 Å². The quantitative estimate of drug-likeness (QED) is 0.639. The number of pyridine rings is 1. The van der Waals surface area contributed by atoms with E-state index in [9.17, 15) is 0 Å². The van der Waals surface area contributed by atoms with Gasteiger partial charge in [-0.25, -0.2) is 0 Å². The molecule has 2 aromatic heterocycles. The standard InChI is InChI=1S/C11H11N4/c1-4-14-5-2-8(1)9-3-6-15-7-12-13-11(15)10(9)14/h6-8H,1-2,4-5H2. The Morgan fingerprint density at radius 1 is 1.33 bits per heavy atom. The Morgan fingerprint density at radius 2 is 2.20 bits per heavy atom. The van der Waals surface area contributed by atoms with Crippen LogP contribution < -0.4 is 4.90 Å². The highest BCUT2D eigenvalue weighted by atomic mass is 15.3. The summed E-state index contributed by atoms with van der Waals surface area (Å²) < 4.78 is 1.96. The third kappa shape index (κ3) is 0.868. The first-order valence-corrected chi connectivity index (χ1v) is 5.42. The molecular weight excluding hydrogens is 188 g/mol. The Labute approximate surface area is 87.5 Å². The summed E-state index contributed by atoms with van der Waals surface area (Å²) in [6.07, 6.45) is 6.24. The molecule has 0 atom stereocenters. The van der Waals surface area contributed by atoms with Crippen molar-refractivity contribution in [3.63, 3.8) is 0 Å². The zero-order chi connectivity index (χ0) is 9.83. The summed E-state index contributed by atoms with van der Waals surface area (Å²) in [7, 11) is 0. The first kappa shape index (κ1) is 7.68. The van der Waals surface area contributed by atoms with Crippen LogP contribution in [0.5, 0.6) is 0 Å². The van der Waals surface area contributed by atoms with Crippen LogP contribution >= 0.6 is 0 Å². The number of fused-ring (bicyclic) bond motifs is 3. The molecule has 0 unspecified atom stereocenters. The summed E-state index contributed by atoms with van der Waals surface area (Å²) in [6.45, 7) is 2.33. The predicted octanol–water partition coefficient (Wildman–Crippen LogP) is 1.23. The normalized spacial score (nSPS) is 19.9. The summed E-state index contributed by atoms with van der Waals surface area (Å²) in [5, 5.41) is 8.16. The fraction of sp³-hybridized carbons (Fsp3) is 0.455. The minimum atomic E-state index is 0.701. The second-order valence-electron chi connectivity index (χ2n) is 4.36. The summed E-state index contributed by atoms with van der Waals surface area (Å²) in [6, 6.07) is 3.39. The molecule has 2 aromatic rings. The second kappa shape index (κ2) is 2.51. The fourth-order valence-electron chi connectivity index (χ4n) is 2.85. The van der Waals surface area contributed by atoms with E-state index in [-0.39, 0.29) is 0 Å². The van der Waals surface area contributed by atoms with Crippen LogP contribution in [0.3, 0.4) is 0 Å². The van der Waals surface area contributed by atoms with E-state index in [1.165, 1.54) is 24.1 Å². The van der Waals surface area contributed by atoms with Crippen LogP contribution in [0.2, 0.25) is 0 Å². The third-order valence-corrected chi connectivity index (χ3v) is 3.62. The Kier molecular flexibility index (Phi) is 1.28. The maximum Gasteiger partial charge on any atom is 0.184 e. The van der Waals surface area contributed by atoms with Crippen LogP contribution in [0.4, 0.5) is 5.69 Å². The van der Waals surface area contributed by atoms with Gasteiger partial charge < -0.3 is 4.90 Å². The number of hydrogen-bond donors (Lipinski definition) is 0. The van der Waals surface area contributed by atoms with Crippen molar-refractivity contribution >= 4 is 11.3 Å². The van der Waals surface area contributed by atoms with Gasteiger partial charge in [0, 0.05) is 25.4 Å². The maximum absolute atomic E-state index is 4.20. The van der Waals surface area contributed by atoms with Crippen molar-refractivity contribution < 1.29 is 0 Å². The van der Waals surface area contributed by atoms with Gasteiger partial charge in [-0.2, -0.15) is 0 Å². The number of rotatable bonds is 0. The Hall–Kier alpha value is -1.58. The van der Waals surface area contributed by atoms with E-state index in [1.54, 1.807) is 6.33 Å². The molecule has 5 rings (SSSR count). The molecule has 75 valence electrons. The van der Waals surface area contributed by atoms with Crippen molar-refractivity contribution in [2.45, 2.75) is 18.8 Å². The number of anilines is 1. The number of hydrogen-bond acceptors (Lipinski definition) is 3. The van der Waals surface area contributed by atoms with E-state index in [1.807, 2.05) is 10.6 Å². The summed E-state index contributed by atoms with van der Waals surface area (Å²) >= 11 is 0. The van der Waals surface area contributed by atoms with Crippen molar-refractivity contribution in [3.05, 3.63) is 24.2 Å². The lowest BCUT2D eigenvalue weighted by Crippen LogP contribution is -2.39. The number of nitrogens with zero attached hydrogens (tertiary/aromatic N) is 4. The Bertz CT molecular complexity index is 522. The molecule has 0 amide bonds. The Balaban J connectivity index is 2.11. The van der Waals surface area contributed by atoms with Crippen molar-refractivity contribution in [2.24, 2.45) is 0 Å². The fourth-order valence-corrected chi connectivity index (χ4v) is 2.85. The molecule has 15 heavy (non-hydrogen) atoms. The van der Waals surface area contributed by atoms with Gasteiger partial charge in [0.25, 0.3) is 0 Å². The molecule has 4 nitrogen and oxygen atoms in total. The van der Waals surface area contributed by atoms with Crippen LogP contribution in [0.1, 0.15) is 24.3 Å². The smallest absolute Gasteiger partial charge is 0.184 e. The monoisotopic (exact) mass is 199 g/mol. The highest BCUT2D eigenvalue weighted by Crippen LogP contribution is 2.43. The van der Waals surface area contributed by atoms with Gasteiger partial charge >= 0.3 is 0 Å². The minimum absolute atomic E-state index is 0.701. The molecule has 1 saturated heterocycles. The molecule has 3 aliphatic rings. The zero-order valence-electron chi connectivity index (χ0n) is 8.35. The molecule has 0 aliphatic carbocycles. The predicted molar refractivity (Wildman–Crippen MR) is 56.0 cm³/mol. The van der Waals surface area contributed by atoms with Gasteiger partial charge in [-0.3, -0.25) is 4.40 Å². The maximum atomic E-state index is 4.20. The lowest BCUT2D eigenvalue weighted by atomic mass is 9.84. The van der Waals surface area contributed by atoms with Gasteiger partial charge in [-0.1, -0.05) is 0 Å². The van der Waals surface area contributed by atoms with Crippen LogP contribution in [0, 0.1) is 6.07 Å². The third-order valence-electron chi connectivity index (χ3n) is 3.62. The van der Waals surface area contributed by atoms with E-state index in [2.05, 4.69) is 21.2 Å². The lowest BCUT2D eigenvalue weighted by Gasteiger charge is -2.41. The highest BCUT2D eigenvalue weighted by molar-refractivity contribution is 5.75. The van der Waals surface area contributed by atoms with Gasteiger partial charge in [0.05, 0.1) is 5.69 Å². The largest absolute Gasteiger partial charge is 0.368 e. The van der Waals surface area contributed by atoms with Gasteiger partial charge in [0.15, 0.2) is 5.65 Å². The SMILES string of the molecule is [c]1cn2cnnc2c2c1C1CCN2CC1. The van der Waals surface area contributed by atoms with Gasteiger partial charge in [-0.15, -0.1) is 10.2 Å². The molecule has 5 heterocycles. The topological polar surface area (TPSA) is 33.4 Å². The lowest BCUT2D eigenvalue weighted by molar-refractivity contribution is 0.474. The molecule has 4 heteroatoms. The van der Waals surface area contributed by atoms with Crippen molar-refractivity contribution in [3.8, 4) is 0 Å². The van der Waals surface area contributed by atoms with E-state index in [4.69, 9.17) is 0 Å². The minimum Gasteiger partial charge on any atom is -0.368 e. The Morgan fingerprint density at radius 3 is 3.07 bits per heavy atom. The zero-order valence-corrected chi connectivity index (χ0v) is 8.35. The van der Waals surface area contributed by atoms with Gasteiger partial charge in [0.2, 0.25) is 0 Å². The van der Waals surface area contributed by atoms with Crippen molar-refractivity contribution in [2.75, 3.05) is 18.0 Å². The molecule has 1 radical (unpaired) electrons. The average Bonchev–Trinajstić information content (AvgIpc) is 2.78. The number of piperidine rings is 1. The molecule has 0 saturated carbocycles. The van der Waals surface area contributed by atoms with Crippen molar-refractivity contribution in [1.29, 1.82) is 0 Å². The summed E-state index contributed by atoms with van der Waals surface area (Å²) in [5.41, 5.74) is 3.62. The van der Waals surface area contributed by atoms with E-state index in [0.717, 1.165) is 18.7 Å². The first-order chi connectivity index (χ1) is 7.43. The molecular formula is C11H11N4. The van der Waals surface area contributed by atoms with E-state index in [0.29, 0.717) is 5.92 Å². The average molecular weight is 199 g/mol. The molecule has 1 fully saturated rings. The van der Waals surface area contributed by atoms with Crippen LogP contribution in [0.15, 0.2) is 12.5 Å². The van der Waals surface area contributed by atoms with Crippen LogP contribution in [-0.2, 0) is 0 Å². The van der Waals surface area contributed by atoms with Gasteiger partial charge in [0.1, 0.15) is 6.33 Å². The van der Waals surface area contributed by atoms with Crippen LogP contribution in [-0.4, -0.2) is 27.7 Å². The molecule has 3 aliphatic heterocycles. The van der Waals surface area contributed by atoms with Crippen LogP contribution in [0.25, 0.3) is 5.65 Å². The molecule has 2 bridgehead atoms. The molecule has 0 aromatic carbocycles. The van der Waals surface area contributed by atoms with E-state index >= 15 is 0 Å². The summed E-state index contributed by atoms with van der Waals surface area (Å²) in [4.78, 5) is 2.43. The molecule has 0 spiro atoms. The second-order valence-corrected chi connectivity index (χ2v) is 4.36. The van der Waals surface area contributed by atoms with Gasteiger partial charge in [-0.05, 0) is 24.3 Å². The highest BCUT2D eigenvalue weighted by Gasteiger charge is 2.32. The number of aromatic nitrogens is 3. The first-order valence-electron chi connectivity index (χ1n) is 5.42.